The highest BCUT2D eigenvalue weighted by Gasteiger charge is 2.78. The van der Waals surface area contributed by atoms with Gasteiger partial charge in [0.15, 0.2) is 23.8 Å². The minimum Gasteiger partial charge on any atom is -0.455 e. The number of carbonyl (C=O) groups excluding carboxylic acids is 7. The lowest BCUT2D eigenvalue weighted by molar-refractivity contribution is -0.346. The molecule has 0 aromatic heterocycles. The number of ether oxygens (including phenoxy) is 11. The average Bonchev–Trinajstić information content (AvgIpc) is 0.683. The maximum Gasteiger partial charge on any atom is 0.509 e. The Labute approximate surface area is 489 Å². The number of hydrogen-bond acceptors (Lipinski definition) is 24. The van der Waals surface area contributed by atoms with Gasteiger partial charge >= 0.3 is 30.0 Å². The molecule has 3 aromatic carbocycles. The second kappa shape index (κ2) is 26.9. The second-order valence-electron chi connectivity index (χ2n) is 22.4. The lowest BCUT2D eigenvalue weighted by atomic mass is 9.44. The van der Waals surface area contributed by atoms with Crippen LogP contribution in [0.3, 0.4) is 0 Å². The normalized spacial score (nSPS) is 31.8. The smallest absolute Gasteiger partial charge is 0.455 e. The van der Waals surface area contributed by atoms with Crippen LogP contribution < -0.4 is 5.32 Å². The quantitative estimate of drug-likeness (QED) is 0.0326. The van der Waals surface area contributed by atoms with Crippen LogP contribution in [0.5, 0.6) is 0 Å². The first kappa shape index (κ1) is 64.3. The lowest BCUT2D eigenvalue weighted by Crippen LogP contribution is -2.82. The maximum absolute atomic E-state index is 15.8. The van der Waals surface area contributed by atoms with E-state index in [0.717, 1.165) is 13.8 Å². The summed E-state index contributed by atoms with van der Waals surface area (Å²) < 4.78 is 63.5. The summed E-state index contributed by atoms with van der Waals surface area (Å²) >= 11 is 0. The van der Waals surface area contributed by atoms with E-state index in [1.807, 2.05) is 0 Å². The molecule has 4 fully saturated rings. The van der Waals surface area contributed by atoms with E-state index in [9.17, 15) is 54.6 Å². The molecule has 3 aliphatic carbocycles. The van der Waals surface area contributed by atoms with E-state index in [2.05, 4.69) is 5.32 Å². The Bertz CT molecular complexity index is 2910. The van der Waals surface area contributed by atoms with Crippen molar-refractivity contribution in [2.24, 2.45) is 16.7 Å². The van der Waals surface area contributed by atoms with Crippen LogP contribution in [0.25, 0.3) is 0 Å². The van der Waals surface area contributed by atoms with Gasteiger partial charge < -0.3 is 88.1 Å². The van der Waals surface area contributed by atoms with Gasteiger partial charge in [-0.15, -0.1) is 0 Å². The first-order chi connectivity index (χ1) is 40.4. The van der Waals surface area contributed by atoms with Gasteiger partial charge in [0.1, 0.15) is 61.0 Å². The van der Waals surface area contributed by atoms with Crippen molar-refractivity contribution in [2.45, 2.75) is 139 Å². The predicted molar refractivity (Wildman–Crippen MR) is 289 cm³/mol. The van der Waals surface area contributed by atoms with E-state index in [4.69, 9.17) is 52.1 Å². The molecule has 2 aliphatic heterocycles. The van der Waals surface area contributed by atoms with Crippen molar-refractivity contribution in [2.75, 3.05) is 52.9 Å². The van der Waals surface area contributed by atoms with Gasteiger partial charge in [-0.2, -0.15) is 0 Å². The summed E-state index contributed by atoms with van der Waals surface area (Å²) in [6.07, 6.45) is -20.4. The predicted octanol–water partition coefficient (Wildman–Crippen LogP) is 1.75. The number of Topliss-reactive ketones (excluding diaryl/α,β-unsaturated/α-hetero) is 1. The zero-order chi connectivity index (χ0) is 61.6. The van der Waals surface area contributed by atoms with Crippen molar-refractivity contribution >= 4 is 41.7 Å². The topological polar surface area (TPSA) is 354 Å². The third-order valence-electron chi connectivity index (χ3n) is 16.8. The molecule has 2 saturated carbocycles. The minimum atomic E-state index is -2.53. The summed E-state index contributed by atoms with van der Waals surface area (Å²) in [5.41, 5.74) is -7.94. The molecule has 2 heterocycles. The SMILES string of the molecule is CC(=O)O[C@H]1C(=O)[C@@]2(C)[C@H]([C@H](OC(=O)c3ccccc3)[C@]3(O)C[C@H](OC(=O)[C@H](OC(=O)OCCOCCOCCOC[C@H]4OC(O)[C@@H](O)[C@@H](O)[C@@H]4O)[C@@H](NC(=O)c4ccccc4)c4ccccc4)C(C)=C1C3(C)C)[C@]1(OC(C)=O)CO[C@@H]1C[C@@H]2O. The number of aliphatic hydroxyl groups excluding tert-OH is 5. The van der Waals surface area contributed by atoms with E-state index < -0.39 is 156 Å². The standard InChI is InChI=1S/C60H73NO24/c1-32-38(29-60(74)51(84-53(70)37-20-14-9-15-21-37)49-58(6,40(64)28-41-59(49,31-79-41)85-34(3)63)50(68)47(80-33(2)62)42(32)57(60,4)5)81-55(72)48(43(35-16-10-7-11-17-35)61-52(69)36-18-12-8-13-19-36)83-56(73)78-27-26-76-23-22-75-24-25-77-30-39-44(65)45(66)46(67)54(71)82-39/h7-21,38-41,43-49,51,54,64-67,71,74H,22-31H2,1-6H3,(H,61,69)/t38-,39+,40-,41+,43-,44+,45-,46-,47+,48+,49-,51-,54?,58+,59-,60+/m0/s1. The molecule has 16 atom stereocenters. The average molecular weight is 1190 g/mol. The summed E-state index contributed by atoms with van der Waals surface area (Å²) in [4.78, 5) is 100. The number of fused-ring (bicyclic) bond motifs is 5. The zero-order valence-corrected chi connectivity index (χ0v) is 47.8. The molecule has 0 radical (unpaired) electrons. The molecular weight excluding hydrogens is 1120 g/mol. The maximum atomic E-state index is 15.8. The summed E-state index contributed by atoms with van der Waals surface area (Å²) in [6.45, 7) is 6.94. The van der Waals surface area contributed by atoms with Crippen molar-refractivity contribution in [3.05, 3.63) is 119 Å². The van der Waals surface area contributed by atoms with Gasteiger partial charge in [0.05, 0.1) is 69.2 Å². The molecule has 2 saturated heterocycles. The molecule has 25 heteroatoms. The monoisotopic (exact) mass is 1190 g/mol. The second-order valence-corrected chi connectivity index (χ2v) is 22.4. The Balaban J connectivity index is 1.09. The van der Waals surface area contributed by atoms with Gasteiger partial charge in [-0.3, -0.25) is 19.2 Å². The molecule has 85 heavy (non-hydrogen) atoms. The Hall–Kier alpha value is -6.75. The first-order valence-electron chi connectivity index (χ1n) is 27.8. The van der Waals surface area contributed by atoms with Crippen LogP contribution in [0.2, 0.25) is 0 Å². The lowest BCUT2D eigenvalue weighted by Gasteiger charge is -2.67. The molecule has 7 N–H and O–H groups in total. The molecule has 3 aromatic rings. The van der Waals surface area contributed by atoms with Crippen LogP contribution in [0.1, 0.15) is 86.7 Å². The van der Waals surface area contributed by atoms with E-state index in [-0.39, 0.29) is 80.5 Å². The number of esters is 4. The van der Waals surface area contributed by atoms with Crippen molar-refractivity contribution in [3.63, 3.8) is 0 Å². The fraction of sp³-hybridized carbons (Fsp3) is 0.550. The van der Waals surface area contributed by atoms with Crippen molar-refractivity contribution in [1.29, 1.82) is 0 Å². The van der Waals surface area contributed by atoms with Crippen molar-refractivity contribution in [3.8, 4) is 0 Å². The van der Waals surface area contributed by atoms with Gasteiger partial charge in [0.2, 0.25) is 6.10 Å². The summed E-state index contributed by atoms with van der Waals surface area (Å²) in [6, 6.07) is 22.1. The van der Waals surface area contributed by atoms with Gasteiger partial charge in [-0.1, -0.05) is 80.6 Å². The van der Waals surface area contributed by atoms with Crippen LogP contribution in [0, 0.1) is 16.7 Å². The third-order valence-corrected chi connectivity index (χ3v) is 16.8. The number of carbonyl (C=O) groups is 7. The van der Waals surface area contributed by atoms with E-state index >= 15 is 9.59 Å². The molecule has 1 unspecified atom stereocenters. The molecule has 1 amide bonds. The number of rotatable bonds is 22. The number of benzene rings is 3. The summed E-state index contributed by atoms with van der Waals surface area (Å²) in [7, 11) is 0. The summed E-state index contributed by atoms with van der Waals surface area (Å²) in [5.74, 6) is -7.41. The highest BCUT2D eigenvalue weighted by molar-refractivity contribution is 5.96. The number of amides is 1. The molecular formula is C60H73NO24. The van der Waals surface area contributed by atoms with E-state index in [1.54, 1.807) is 66.7 Å². The Morgan fingerprint density at radius 3 is 1.89 bits per heavy atom. The molecule has 0 spiro atoms. The van der Waals surface area contributed by atoms with Crippen LogP contribution in [-0.2, 0) is 71.3 Å². The van der Waals surface area contributed by atoms with Crippen molar-refractivity contribution < 1.29 is 116 Å². The Morgan fingerprint density at radius 2 is 1.31 bits per heavy atom. The van der Waals surface area contributed by atoms with E-state index in [0.29, 0.717) is 0 Å². The summed E-state index contributed by atoms with van der Waals surface area (Å²) in [5, 5.41) is 68.4. The van der Waals surface area contributed by atoms with E-state index in [1.165, 1.54) is 52.0 Å². The first-order valence-corrected chi connectivity index (χ1v) is 27.8. The largest absolute Gasteiger partial charge is 0.509 e. The van der Waals surface area contributed by atoms with Crippen LogP contribution in [-0.4, -0.2) is 204 Å². The van der Waals surface area contributed by atoms with Crippen LogP contribution >= 0.6 is 0 Å². The number of nitrogens with one attached hydrogen (secondary N) is 1. The highest BCUT2D eigenvalue weighted by Crippen LogP contribution is 2.64. The Morgan fingerprint density at radius 1 is 0.718 bits per heavy atom. The zero-order valence-electron chi connectivity index (χ0n) is 47.8. The van der Waals surface area contributed by atoms with Crippen molar-refractivity contribution in [1.82, 2.24) is 5.32 Å². The Kier molecular flexibility index (Phi) is 20.3. The molecule has 462 valence electrons. The fourth-order valence-corrected chi connectivity index (χ4v) is 12.3. The third kappa shape index (κ3) is 13.2. The fourth-order valence-electron chi connectivity index (χ4n) is 12.3. The van der Waals surface area contributed by atoms with Crippen LogP contribution in [0.4, 0.5) is 4.79 Å². The van der Waals surface area contributed by atoms with Gasteiger partial charge in [0, 0.05) is 37.7 Å². The molecule has 5 aliphatic rings. The van der Waals surface area contributed by atoms with Gasteiger partial charge in [0.25, 0.3) is 5.91 Å². The number of ketones is 1. The van der Waals surface area contributed by atoms with Gasteiger partial charge in [-0.05, 0) is 54.8 Å². The van der Waals surface area contributed by atoms with Gasteiger partial charge in [-0.25, -0.2) is 14.4 Å². The minimum absolute atomic E-state index is 0.00493. The molecule has 25 nitrogen and oxygen atoms in total. The van der Waals surface area contributed by atoms with Crippen LogP contribution in [0.15, 0.2) is 102 Å². The highest BCUT2D eigenvalue weighted by atomic mass is 16.7. The molecule has 8 rings (SSSR count). The number of hydrogen-bond donors (Lipinski definition) is 7. The number of aliphatic hydroxyl groups is 6. The molecule has 2 bridgehead atoms.